The SMILES string of the molecule is COc1ccc(-c2noc(CCCCCNC(=O)Cc3c(C)nn(CC(C)C)c3C)n2)cc1. The summed E-state index contributed by atoms with van der Waals surface area (Å²) < 4.78 is 12.5. The molecule has 0 saturated carbocycles. The lowest BCUT2D eigenvalue weighted by atomic mass is 10.1. The van der Waals surface area contributed by atoms with Gasteiger partial charge in [-0.05, 0) is 56.9 Å². The second-order valence-corrected chi connectivity index (χ2v) is 8.80. The summed E-state index contributed by atoms with van der Waals surface area (Å²) in [5.74, 6) is 2.58. The number of methoxy groups -OCH3 is 1. The van der Waals surface area contributed by atoms with E-state index >= 15 is 0 Å². The number of aryl methyl sites for hydroxylation is 2. The lowest BCUT2D eigenvalue weighted by molar-refractivity contribution is -0.120. The first-order valence-corrected chi connectivity index (χ1v) is 11.6. The van der Waals surface area contributed by atoms with E-state index in [1.54, 1.807) is 7.11 Å². The van der Waals surface area contributed by atoms with Crippen LogP contribution in [0.4, 0.5) is 0 Å². The number of hydrogen-bond acceptors (Lipinski definition) is 6. The maximum absolute atomic E-state index is 12.4. The Labute approximate surface area is 195 Å². The molecule has 0 spiro atoms. The highest BCUT2D eigenvalue weighted by Crippen LogP contribution is 2.20. The number of ether oxygens (including phenoxy) is 1. The molecular weight excluding hydrogens is 418 g/mol. The van der Waals surface area contributed by atoms with E-state index in [9.17, 15) is 4.79 Å². The summed E-state index contributed by atoms with van der Waals surface area (Å²) in [6, 6.07) is 7.57. The lowest BCUT2D eigenvalue weighted by Crippen LogP contribution is -2.26. The molecule has 178 valence electrons. The average Bonchev–Trinajstić information content (AvgIpc) is 3.36. The summed E-state index contributed by atoms with van der Waals surface area (Å²) in [5.41, 5.74) is 3.97. The maximum Gasteiger partial charge on any atom is 0.226 e. The second kappa shape index (κ2) is 11.6. The molecule has 0 aliphatic carbocycles. The fourth-order valence-corrected chi connectivity index (χ4v) is 3.76. The third-order valence-electron chi connectivity index (χ3n) is 5.61. The predicted molar refractivity (Wildman–Crippen MR) is 127 cm³/mol. The molecule has 33 heavy (non-hydrogen) atoms. The average molecular weight is 454 g/mol. The van der Waals surface area contributed by atoms with Crippen LogP contribution in [0.1, 0.15) is 56.0 Å². The minimum Gasteiger partial charge on any atom is -0.497 e. The molecule has 1 amide bonds. The van der Waals surface area contributed by atoms with E-state index in [0.717, 1.165) is 60.5 Å². The molecule has 8 heteroatoms. The number of carbonyl (C=O) groups is 1. The molecule has 0 aliphatic rings. The molecule has 0 bridgehead atoms. The Morgan fingerprint density at radius 3 is 2.61 bits per heavy atom. The van der Waals surface area contributed by atoms with Crippen molar-refractivity contribution in [1.29, 1.82) is 0 Å². The van der Waals surface area contributed by atoms with E-state index in [4.69, 9.17) is 9.26 Å². The quantitative estimate of drug-likeness (QED) is 0.411. The van der Waals surface area contributed by atoms with E-state index < -0.39 is 0 Å². The fourth-order valence-electron chi connectivity index (χ4n) is 3.76. The van der Waals surface area contributed by atoms with Crippen molar-refractivity contribution in [1.82, 2.24) is 25.2 Å². The highest BCUT2D eigenvalue weighted by molar-refractivity contribution is 5.79. The smallest absolute Gasteiger partial charge is 0.226 e. The Kier molecular flexibility index (Phi) is 8.63. The Hall–Kier alpha value is -3.16. The molecule has 0 aliphatic heterocycles. The van der Waals surface area contributed by atoms with Gasteiger partial charge in [0.25, 0.3) is 0 Å². The van der Waals surface area contributed by atoms with Crippen molar-refractivity contribution in [2.45, 2.75) is 66.3 Å². The molecule has 0 saturated heterocycles. The zero-order valence-electron chi connectivity index (χ0n) is 20.4. The first-order chi connectivity index (χ1) is 15.9. The van der Waals surface area contributed by atoms with E-state index in [1.807, 2.05) is 42.8 Å². The number of aromatic nitrogens is 4. The van der Waals surface area contributed by atoms with Gasteiger partial charge in [-0.3, -0.25) is 9.48 Å². The van der Waals surface area contributed by atoms with E-state index in [1.165, 1.54) is 0 Å². The minimum atomic E-state index is 0.0475. The molecule has 1 aromatic carbocycles. The van der Waals surface area contributed by atoms with Crippen molar-refractivity contribution >= 4 is 5.91 Å². The van der Waals surface area contributed by atoms with Gasteiger partial charge in [-0.15, -0.1) is 0 Å². The van der Waals surface area contributed by atoms with Crippen molar-refractivity contribution < 1.29 is 14.1 Å². The first-order valence-electron chi connectivity index (χ1n) is 11.6. The van der Waals surface area contributed by atoms with E-state index in [2.05, 4.69) is 34.4 Å². The van der Waals surface area contributed by atoms with Gasteiger partial charge < -0.3 is 14.6 Å². The van der Waals surface area contributed by atoms with Gasteiger partial charge in [-0.25, -0.2) is 0 Å². The van der Waals surface area contributed by atoms with Crippen LogP contribution >= 0.6 is 0 Å². The molecule has 0 radical (unpaired) electrons. The number of nitrogens with zero attached hydrogens (tertiary/aromatic N) is 4. The molecule has 0 fully saturated rings. The molecule has 0 atom stereocenters. The topological polar surface area (TPSA) is 95.1 Å². The van der Waals surface area contributed by atoms with Gasteiger partial charge in [0.05, 0.1) is 19.2 Å². The minimum absolute atomic E-state index is 0.0475. The van der Waals surface area contributed by atoms with Gasteiger partial charge in [0.15, 0.2) is 0 Å². The number of nitrogens with one attached hydrogen (secondary N) is 1. The lowest BCUT2D eigenvalue weighted by Gasteiger charge is -2.08. The van der Waals surface area contributed by atoms with Crippen molar-refractivity contribution in [3.05, 3.63) is 47.1 Å². The van der Waals surface area contributed by atoms with Crippen LogP contribution in [0, 0.1) is 19.8 Å². The van der Waals surface area contributed by atoms with Crippen LogP contribution < -0.4 is 10.1 Å². The predicted octanol–water partition coefficient (Wildman–Crippen LogP) is 4.29. The Balaban J connectivity index is 1.35. The molecule has 2 aromatic heterocycles. The summed E-state index contributed by atoms with van der Waals surface area (Å²) in [5, 5.41) is 11.7. The van der Waals surface area contributed by atoms with Crippen molar-refractivity contribution in [3.8, 4) is 17.1 Å². The van der Waals surface area contributed by atoms with Crippen molar-refractivity contribution in [3.63, 3.8) is 0 Å². The number of hydrogen-bond donors (Lipinski definition) is 1. The van der Waals surface area contributed by atoms with Gasteiger partial charge in [-0.1, -0.05) is 25.4 Å². The van der Waals surface area contributed by atoms with Crippen LogP contribution in [-0.2, 0) is 24.2 Å². The van der Waals surface area contributed by atoms with Crippen LogP contribution in [-0.4, -0.2) is 39.5 Å². The van der Waals surface area contributed by atoms with Crippen LogP contribution in [0.25, 0.3) is 11.4 Å². The van der Waals surface area contributed by atoms with Gasteiger partial charge >= 0.3 is 0 Å². The van der Waals surface area contributed by atoms with Gasteiger partial charge in [0, 0.05) is 36.3 Å². The third kappa shape index (κ3) is 6.91. The zero-order valence-corrected chi connectivity index (χ0v) is 20.4. The fraction of sp³-hybridized carbons (Fsp3) is 0.520. The van der Waals surface area contributed by atoms with Crippen LogP contribution in [0.15, 0.2) is 28.8 Å². The molecular formula is C25H35N5O3. The molecule has 3 rings (SSSR count). The highest BCUT2D eigenvalue weighted by Gasteiger charge is 2.15. The summed E-state index contributed by atoms with van der Waals surface area (Å²) in [7, 11) is 1.64. The maximum atomic E-state index is 12.4. The van der Waals surface area contributed by atoms with Gasteiger partial charge in [0.1, 0.15) is 5.75 Å². The van der Waals surface area contributed by atoms with Gasteiger partial charge in [0.2, 0.25) is 17.6 Å². The highest BCUT2D eigenvalue weighted by atomic mass is 16.5. The zero-order chi connectivity index (χ0) is 23.8. The monoisotopic (exact) mass is 453 g/mol. The Morgan fingerprint density at radius 2 is 1.91 bits per heavy atom. The number of benzene rings is 1. The van der Waals surface area contributed by atoms with Crippen molar-refractivity contribution in [2.24, 2.45) is 5.92 Å². The number of amides is 1. The van der Waals surface area contributed by atoms with Crippen LogP contribution in [0.5, 0.6) is 5.75 Å². The Bertz CT molecular complexity index is 1040. The third-order valence-corrected chi connectivity index (χ3v) is 5.61. The molecule has 3 aromatic rings. The Morgan fingerprint density at radius 1 is 1.15 bits per heavy atom. The molecule has 1 N–H and O–H groups in total. The van der Waals surface area contributed by atoms with Crippen LogP contribution in [0.3, 0.4) is 0 Å². The number of unbranched alkanes of at least 4 members (excludes halogenated alkanes) is 2. The summed E-state index contributed by atoms with van der Waals surface area (Å²) >= 11 is 0. The molecule has 2 heterocycles. The van der Waals surface area contributed by atoms with Crippen molar-refractivity contribution in [2.75, 3.05) is 13.7 Å². The van der Waals surface area contributed by atoms with Crippen LogP contribution in [0.2, 0.25) is 0 Å². The molecule has 0 unspecified atom stereocenters. The standard InChI is InChI=1S/C25H35N5O3/c1-17(2)16-30-19(4)22(18(3)28-30)15-23(31)26-14-8-6-7-9-24-27-25(29-33-24)20-10-12-21(32-5)13-11-20/h10-13,17H,6-9,14-16H2,1-5H3,(H,26,31). The molecule has 8 nitrogen and oxygen atoms in total. The van der Waals surface area contributed by atoms with Gasteiger partial charge in [-0.2, -0.15) is 10.1 Å². The summed E-state index contributed by atoms with van der Waals surface area (Å²) in [4.78, 5) is 16.9. The summed E-state index contributed by atoms with van der Waals surface area (Å²) in [6.07, 6.45) is 3.93. The first kappa shape index (κ1) is 24.5. The summed E-state index contributed by atoms with van der Waals surface area (Å²) in [6.45, 7) is 9.89. The van der Waals surface area contributed by atoms with E-state index in [0.29, 0.717) is 30.6 Å². The number of carbonyl (C=O) groups excluding carboxylic acids is 1. The normalized spacial score (nSPS) is 11.2. The largest absolute Gasteiger partial charge is 0.497 e. The second-order valence-electron chi connectivity index (χ2n) is 8.80. The van der Waals surface area contributed by atoms with E-state index in [-0.39, 0.29) is 5.91 Å². The number of rotatable bonds is 12.